The van der Waals surface area contributed by atoms with Gasteiger partial charge in [0.15, 0.2) is 0 Å². The summed E-state index contributed by atoms with van der Waals surface area (Å²) in [6, 6.07) is 3.58. The summed E-state index contributed by atoms with van der Waals surface area (Å²) in [5.74, 6) is 0.161. The van der Waals surface area contributed by atoms with Gasteiger partial charge in [0.25, 0.3) is 6.02 Å². The molecule has 2 N–H and O–H groups in total. The van der Waals surface area contributed by atoms with Crippen molar-refractivity contribution in [3.8, 4) is 5.75 Å². The number of anilines is 1. The largest absolute Gasteiger partial charge is 0.497 e. The molecule has 1 aromatic carbocycles. The van der Waals surface area contributed by atoms with E-state index >= 15 is 0 Å². The first-order valence-electron chi connectivity index (χ1n) is 6.80. The van der Waals surface area contributed by atoms with Gasteiger partial charge in [0.2, 0.25) is 0 Å². The summed E-state index contributed by atoms with van der Waals surface area (Å²) in [5.41, 5.74) is 5.13. The number of amidine groups is 1. The third kappa shape index (κ3) is 3.75. The molecule has 0 aromatic heterocycles. The zero-order valence-corrected chi connectivity index (χ0v) is 12.4. The second-order valence-electron chi connectivity index (χ2n) is 4.89. The third-order valence-corrected chi connectivity index (χ3v) is 3.37. The van der Waals surface area contributed by atoms with Crippen molar-refractivity contribution >= 4 is 11.7 Å². The Bertz CT molecular complexity index is 561. The van der Waals surface area contributed by atoms with Crippen molar-refractivity contribution in [1.82, 2.24) is 0 Å². The third-order valence-electron chi connectivity index (χ3n) is 3.37. The quantitative estimate of drug-likeness (QED) is 0.905. The number of benzene rings is 1. The zero-order valence-electron chi connectivity index (χ0n) is 12.4. The minimum absolute atomic E-state index is 0.114. The van der Waals surface area contributed by atoms with Crippen molar-refractivity contribution in [2.45, 2.75) is 19.1 Å². The fraction of sp³-hybridized carbons (Fsp3) is 0.500. The standard InChI is InChI=1S/C14H18F3N3O2/c1-3-20(7-10-8-22-13(18)19-10)11-4-9(14(15,16)17)5-12(6-11)21-2/h4-6,10H,3,7-8H2,1-2H3,(H2,18,19). The van der Waals surface area contributed by atoms with Crippen LogP contribution in [0.3, 0.4) is 0 Å². The lowest BCUT2D eigenvalue weighted by Crippen LogP contribution is -2.32. The molecule has 0 radical (unpaired) electrons. The molecule has 1 atom stereocenters. The zero-order chi connectivity index (χ0) is 16.3. The molecule has 0 bridgehead atoms. The van der Waals surface area contributed by atoms with Crippen LogP contribution >= 0.6 is 0 Å². The summed E-state index contributed by atoms with van der Waals surface area (Å²) in [5, 5.41) is 0. The maximum atomic E-state index is 13.0. The molecule has 0 spiro atoms. The van der Waals surface area contributed by atoms with Gasteiger partial charge < -0.3 is 20.1 Å². The van der Waals surface area contributed by atoms with Gasteiger partial charge in [-0.05, 0) is 19.1 Å². The van der Waals surface area contributed by atoms with E-state index in [0.717, 1.165) is 12.1 Å². The highest BCUT2D eigenvalue weighted by Crippen LogP contribution is 2.35. The summed E-state index contributed by atoms with van der Waals surface area (Å²) in [4.78, 5) is 5.88. The number of methoxy groups -OCH3 is 1. The lowest BCUT2D eigenvalue weighted by molar-refractivity contribution is -0.137. The second kappa shape index (κ2) is 6.33. The van der Waals surface area contributed by atoms with Crippen molar-refractivity contribution in [3.05, 3.63) is 23.8 Å². The van der Waals surface area contributed by atoms with Gasteiger partial charge in [-0.3, -0.25) is 0 Å². The molecule has 0 saturated carbocycles. The molecule has 1 aliphatic heterocycles. The van der Waals surface area contributed by atoms with E-state index in [1.165, 1.54) is 7.11 Å². The minimum Gasteiger partial charge on any atom is -0.497 e. The summed E-state index contributed by atoms with van der Waals surface area (Å²) >= 11 is 0. The molecule has 1 unspecified atom stereocenters. The molecule has 22 heavy (non-hydrogen) atoms. The van der Waals surface area contributed by atoms with Crippen LogP contribution in [0.1, 0.15) is 12.5 Å². The maximum absolute atomic E-state index is 13.0. The molecule has 0 saturated heterocycles. The van der Waals surface area contributed by atoms with Crippen LogP contribution in [-0.4, -0.2) is 38.9 Å². The van der Waals surface area contributed by atoms with Gasteiger partial charge in [-0.1, -0.05) is 0 Å². The Morgan fingerprint density at radius 2 is 2.14 bits per heavy atom. The number of likely N-dealkylation sites (N-methyl/N-ethyl adjacent to an activating group) is 1. The fourth-order valence-electron chi connectivity index (χ4n) is 2.25. The van der Waals surface area contributed by atoms with Gasteiger partial charge in [-0.15, -0.1) is 0 Å². The van der Waals surface area contributed by atoms with Gasteiger partial charge >= 0.3 is 6.18 Å². The number of nitrogens with two attached hydrogens (primary N) is 1. The SMILES string of the molecule is CCN(CC1COC(N)=N1)c1cc(OC)cc(C(F)(F)F)c1. The lowest BCUT2D eigenvalue weighted by atomic mass is 10.1. The smallest absolute Gasteiger partial charge is 0.416 e. The van der Waals surface area contributed by atoms with Gasteiger partial charge in [0.1, 0.15) is 18.4 Å². The first kappa shape index (κ1) is 16.3. The molecular formula is C14H18F3N3O2. The average Bonchev–Trinajstić information content (AvgIpc) is 2.88. The maximum Gasteiger partial charge on any atom is 0.416 e. The molecule has 5 nitrogen and oxygen atoms in total. The first-order valence-corrected chi connectivity index (χ1v) is 6.80. The van der Waals surface area contributed by atoms with Crippen molar-refractivity contribution in [1.29, 1.82) is 0 Å². The molecule has 0 fully saturated rings. The van der Waals surface area contributed by atoms with E-state index in [4.69, 9.17) is 15.2 Å². The lowest BCUT2D eigenvalue weighted by Gasteiger charge is -2.26. The van der Waals surface area contributed by atoms with Crippen molar-refractivity contribution in [3.63, 3.8) is 0 Å². The van der Waals surface area contributed by atoms with Crippen molar-refractivity contribution in [2.24, 2.45) is 10.7 Å². The van der Waals surface area contributed by atoms with Crippen LogP contribution in [0.5, 0.6) is 5.75 Å². The predicted octanol–water partition coefficient (Wildman–Crippen LogP) is 2.25. The Balaban J connectivity index is 2.27. The molecule has 1 aromatic rings. The number of hydrogen-bond acceptors (Lipinski definition) is 5. The van der Waals surface area contributed by atoms with Crippen LogP contribution < -0.4 is 15.4 Å². The monoisotopic (exact) mass is 317 g/mol. The van der Waals surface area contributed by atoms with E-state index in [9.17, 15) is 13.2 Å². The van der Waals surface area contributed by atoms with Crippen LogP contribution in [0, 0.1) is 0 Å². The van der Waals surface area contributed by atoms with Gasteiger partial charge in [0.05, 0.1) is 12.7 Å². The highest BCUT2D eigenvalue weighted by molar-refractivity contribution is 5.73. The molecule has 2 rings (SSSR count). The summed E-state index contributed by atoms with van der Waals surface area (Å²) in [7, 11) is 1.34. The van der Waals surface area contributed by atoms with Gasteiger partial charge in [-0.25, -0.2) is 4.99 Å². The topological polar surface area (TPSA) is 60.1 Å². The first-order chi connectivity index (χ1) is 10.3. The van der Waals surface area contributed by atoms with E-state index in [1.54, 1.807) is 11.0 Å². The number of hydrogen-bond donors (Lipinski definition) is 1. The van der Waals surface area contributed by atoms with Crippen LogP contribution in [0.2, 0.25) is 0 Å². The predicted molar refractivity (Wildman–Crippen MR) is 77.2 cm³/mol. The molecule has 8 heteroatoms. The van der Waals surface area contributed by atoms with Crippen LogP contribution in [0.25, 0.3) is 0 Å². The molecular weight excluding hydrogens is 299 g/mol. The minimum atomic E-state index is -4.43. The molecule has 0 amide bonds. The number of alkyl halides is 3. The average molecular weight is 317 g/mol. The van der Waals surface area contributed by atoms with E-state index in [-0.39, 0.29) is 17.8 Å². The van der Waals surface area contributed by atoms with Gasteiger partial charge in [-0.2, -0.15) is 13.2 Å². The number of nitrogens with zero attached hydrogens (tertiary/aromatic N) is 2. The van der Waals surface area contributed by atoms with E-state index in [2.05, 4.69) is 4.99 Å². The Kier molecular flexibility index (Phi) is 4.68. The molecule has 122 valence electrons. The molecule has 1 heterocycles. The Morgan fingerprint density at radius 3 is 2.64 bits per heavy atom. The normalized spacial score (nSPS) is 17.9. The number of aliphatic imine (C=N–C) groups is 1. The van der Waals surface area contributed by atoms with Crippen LogP contribution in [0.4, 0.5) is 18.9 Å². The van der Waals surface area contributed by atoms with Crippen LogP contribution in [-0.2, 0) is 10.9 Å². The highest BCUT2D eigenvalue weighted by Gasteiger charge is 2.32. The van der Waals surface area contributed by atoms with E-state index in [1.807, 2.05) is 6.92 Å². The second-order valence-corrected chi connectivity index (χ2v) is 4.89. The molecule has 0 aliphatic carbocycles. The Morgan fingerprint density at radius 1 is 1.41 bits per heavy atom. The van der Waals surface area contributed by atoms with Crippen molar-refractivity contribution < 1.29 is 22.6 Å². The Labute approximate surface area is 126 Å². The summed E-state index contributed by atoms with van der Waals surface area (Å²) < 4.78 is 49.0. The fourth-order valence-corrected chi connectivity index (χ4v) is 2.25. The van der Waals surface area contributed by atoms with E-state index in [0.29, 0.717) is 25.4 Å². The number of ether oxygens (including phenoxy) is 2. The number of halogens is 3. The summed E-state index contributed by atoms with van der Waals surface area (Å²) in [6.45, 7) is 3.13. The summed E-state index contributed by atoms with van der Waals surface area (Å²) in [6.07, 6.45) is -4.43. The number of rotatable bonds is 5. The Hall–Kier alpha value is -2.12. The van der Waals surface area contributed by atoms with E-state index < -0.39 is 11.7 Å². The van der Waals surface area contributed by atoms with Crippen molar-refractivity contribution in [2.75, 3.05) is 31.7 Å². The van der Waals surface area contributed by atoms with Crippen LogP contribution in [0.15, 0.2) is 23.2 Å². The highest BCUT2D eigenvalue weighted by atomic mass is 19.4. The molecule has 1 aliphatic rings. The van der Waals surface area contributed by atoms with Gasteiger partial charge in [0, 0.05) is 24.8 Å².